The van der Waals surface area contributed by atoms with E-state index >= 15 is 0 Å². The van der Waals surface area contributed by atoms with Crippen molar-refractivity contribution in [3.05, 3.63) is 47.8 Å². The summed E-state index contributed by atoms with van der Waals surface area (Å²) in [6, 6.07) is 7.12. The van der Waals surface area contributed by atoms with E-state index in [9.17, 15) is 4.39 Å². The lowest BCUT2D eigenvalue weighted by molar-refractivity contribution is 0.331. The Hall–Kier alpha value is -1.15. The highest BCUT2D eigenvalue weighted by atomic mass is 127. The second-order valence-corrected chi connectivity index (χ2v) is 5.65. The minimum atomic E-state index is -0.190. The molecule has 2 rings (SSSR count). The molecule has 0 spiro atoms. The van der Waals surface area contributed by atoms with E-state index in [1.165, 1.54) is 12.1 Å². The lowest BCUT2D eigenvalue weighted by Crippen LogP contribution is -2.44. The fourth-order valence-electron chi connectivity index (χ4n) is 2.47. The van der Waals surface area contributed by atoms with E-state index in [-0.39, 0.29) is 29.8 Å². The molecule has 0 unspecified atom stereocenters. The van der Waals surface area contributed by atoms with Crippen molar-refractivity contribution in [1.29, 1.82) is 0 Å². The van der Waals surface area contributed by atoms with E-state index in [0.29, 0.717) is 6.04 Å². The molecule has 1 aromatic carbocycles. The van der Waals surface area contributed by atoms with Crippen molar-refractivity contribution in [2.45, 2.75) is 25.4 Å². The number of halogens is 2. The summed E-state index contributed by atoms with van der Waals surface area (Å²) in [7, 11) is 3.85. The molecule has 1 aliphatic rings. The Bertz CT molecular complexity index is 508. The molecule has 2 N–H and O–H groups in total. The molecule has 0 bridgehead atoms. The number of aliphatic imine (C=N–C) groups is 1. The normalized spacial score (nSPS) is 14.9. The molecule has 0 radical (unpaired) electrons. The molecule has 4 nitrogen and oxygen atoms in total. The minimum absolute atomic E-state index is 0. The van der Waals surface area contributed by atoms with Crippen LogP contribution in [-0.2, 0) is 6.54 Å². The fourth-order valence-corrected chi connectivity index (χ4v) is 2.47. The summed E-state index contributed by atoms with van der Waals surface area (Å²) in [5.41, 5.74) is 1.11. The molecule has 0 saturated carbocycles. The van der Waals surface area contributed by atoms with E-state index in [1.807, 2.05) is 12.1 Å². The number of rotatable bonds is 6. The van der Waals surface area contributed by atoms with Gasteiger partial charge in [0.2, 0.25) is 0 Å². The van der Waals surface area contributed by atoms with Crippen molar-refractivity contribution >= 4 is 29.9 Å². The molecule has 0 atom stereocenters. The molecule has 23 heavy (non-hydrogen) atoms. The summed E-state index contributed by atoms with van der Waals surface area (Å²) >= 11 is 0. The molecule has 0 saturated heterocycles. The fraction of sp³-hybridized carbons (Fsp3) is 0.471. The molecule has 0 aliphatic heterocycles. The topological polar surface area (TPSA) is 39.7 Å². The van der Waals surface area contributed by atoms with Gasteiger partial charge in [-0.15, -0.1) is 24.0 Å². The van der Waals surface area contributed by atoms with Crippen LogP contribution in [-0.4, -0.2) is 44.1 Å². The Morgan fingerprint density at radius 3 is 2.52 bits per heavy atom. The molecule has 0 fully saturated rings. The molecule has 1 aromatic rings. The van der Waals surface area contributed by atoms with Crippen LogP contribution < -0.4 is 10.6 Å². The van der Waals surface area contributed by atoms with Crippen LogP contribution in [0.4, 0.5) is 4.39 Å². The molecule has 0 heterocycles. The number of nitrogens with zero attached hydrogens (tertiary/aromatic N) is 2. The zero-order valence-corrected chi connectivity index (χ0v) is 16.1. The summed E-state index contributed by atoms with van der Waals surface area (Å²) < 4.78 is 12.9. The first-order valence-electron chi connectivity index (χ1n) is 7.72. The summed E-state index contributed by atoms with van der Waals surface area (Å²) in [6.07, 6.45) is 6.51. The van der Waals surface area contributed by atoms with Gasteiger partial charge in [0.05, 0.1) is 0 Å². The Morgan fingerprint density at radius 1 is 1.26 bits per heavy atom. The van der Waals surface area contributed by atoms with Crippen molar-refractivity contribution in [2.75, 3.05) is 27.2 Å². The van der Waals surface area contributed by atoms with Gasteiger partial charge in [0, 0.05) is 32.7 Å². The maximum absolute atomic E-state index is 12.9. The third-order valence-electron chi connectivity index (χ3n) is 3.72. The second-order valence-electron chi connectivity index (χ2n) is 5.65. The van der Waals surface area contributed by atoms with Crippen molar-refractivity contribution in [3.63, 3.8) is 0 Å². The lowest BCUT2D eigenvalue weighted by atomic mass is 10.2. The summed E-state index contributed by atoms with van der Waals surface area (Å²) in [5, 5.41) is 6.74. The number of benzene rings is 1. The minimum Gasteiger partial charge on any atom is -0.355 e. The first-order valence-corrected chi connectivity index (χ1v) is 7.72. The van der Waals surface area contributed by atoms with Gasteiger partial charge in [-0.1, -0.05) is 24.3 Å². The van der Waals surface area contributed by atoms with E-state index in [2.05, 4.69) is 39.7 Å². The zero-order chi connectivity index (χ0) is 15.8. The number of hydrogen-bond acceptors (Lipinski definition) is 2. The Morgan fingerprint density at radius 2 is 1.91 bits per heavy atom. The van der Waals surface area contributed by atoms with Gasteiger partial charge in [-0.05, 0) is 37.6 Å². The first kappa shape index (κ1) is 19.9. The number of nitrogens with one attached hydrogen (secondary N) is 2. The van der Waals surface area contributed by atoms with Gasteiger partial charge in [0.1, 0.15) is 5.82 Å². The second kappa shape index (κ2) is 10.6. The lowest BCUT2D eigenvalue weighted by Gasteiger charge is -2.20. The maximum atomic E-state index is 12.9. The third kappa shape index (κ3) is 7.30. The summed E-state index contributed by atoms with van der Waals surface area (Å²) in [5.74, 6) is 0.660. The predicted octanol–water partition coefficient (Wildman–Crippen LogP) is 2.76. The van der Waals surface area contributed by atoms with Gasteiger partial charge in [-0.3, -0.25) is 4.99 Å². The van der Waals surface area contributed by atoms with Crippen molar-refractivity contribution in [3.8, 4) is 0 Å². The summed E-state index contributed by atoms with van der Waals surface area (Å²) in [4.78, 5) is 6.45. The van der Waals surface area contributed by atoms with Gasteiger partial charge in [0.25, 0.3) is 0 Å². The van der Waals surface area contributed by atoms with Crippen LogP contribution in [0, 0.1) is 5.82 Å². The van der Waals surface area contributed by atoms with E-state index in [0.717, 1.165) is 44.0 Å². The molecule has 0 amide bonds. The molecular formula is C17H26FIN4. The number of guanidine groups is 1. The summed E-state index contributed by atoms with van der Waals surface area (Å²) in [6.45, 7) is 2.51. The molecule has 1 aliphatic carbocycles. The smallest absolute Gasteiger partial charge is 0.191 e. The average Bonchev–Trinajstić information content (AvgIpc) is 3.01. The Balaban J connectivity index is 0.00000264. The van der Waals surface area contributed by atoms with Crippen molar-refractivity contribution in [1.82, 2.24) is 15.5 Å². The molecular weight excluding hydrogens is 406 g/mol. The Labute approximate surface area is 155 Å². The highest BCUT2D eigenvalue weighted by molar-refractivity contribution is 14.0. The van der Waals surface area contributed by atoms with Crippen LogP contribution in [0.2, 0.25) is 0 Å². The molecule has 128 valence electrons. The van der Waals surface area contributed by atoms with Gasteiger partial charge in [0.15, 0.2) is 5.96 Å². The van der Waals surface area contributed by atoms with E-state index < -0.39 is 0 Å². The standard InChI is InChI=1S/C17H25FN4.HI/c1-19-17(21-16-5-3-4-6-16)20-11-12-22(2)13-14-7-9-15(18)10-8-14;/h3-4,7-10,16H,5-6,11-13H2,1-2H3,(H2,19,20,21);1H. The Kier molecular flexibility index (Phi) is 9.16. The molecule has 0 aromatic heterocycles. The van der Waals surface area contributed by atoms with Crippen LogP contribution in [0.5, 0.6) is 0 Å². The monoisotopic (exact) mass is 432 g/mol. The average molecular weight is 432 g/mol. The predicted molar refractivity (Wildman–Crippen MR) is 105 cm³/mol. The van der Waals surface area contributed by atoms with Crippen LogP contribution in [0.25, 0.3) is 0 Å². The van der Waals surface area contributed by atoms with E-state index in [4.69, 9.17) is 0 Å². The van der Waals surface area contributed by atoms with Gasteiger partial charge in [-0.25, -0.2) is 4.39 Å². The van der Waals surface area contributed by atoms with Gasteiger partial charge in [-0.2, -0.15) is 0 Å². The van der Waals surface area contributed by atoms with Crippen LogP contribution in [0.3, 0.4) is 0 Å². The van der Waals surface area contributed by atoms with Gasteiger partial charge >= 0.3 is 0 Å². The van der Waals surface area contributed by atoms with Crippen molar-refractivity contribution < 1.29 is 4.39 Å². The van der Waals surface area contributed by atoms with Crippen LogP contribution in [0.1, 0.15) is 18.4 Å². The van der Waals surface area contributed by atoms with Crippen molar-refractivity contribution in [2.24, 2.45) is 4.99 Å². The molecule has 6 heteroatoms. The highest BCUT2D eigenvalue weighted by Gasteiger charge is 2.11. The highest BCUT2D eigenvalue weighted by Crippen LogP contribution is 2.08. The SMILES string of the molecule is CN=C(NCCN(C)Cc1ccc(F)cc1)NC1CC=CC1.I. The number of hydrogen-bond donors (Lipinski definition) is 2. The quantitative estimate of drug-likeness (QED) is 0.315. The van der Waals surface area contributed by atoms with Gasteiger partial charge < -0.3 is 15.5 Å². The maximum Gasteiger partial charge on any atom is 0.191 e. The van der Waals surface area contributed by atoms with Crippen LogP contribution >= 0.6 is 24.0 Å². The van der Waals surface area contributed by atoms with Crippen LogP contribution in [0.15, 0.2) is 41.4 Å². The first-order chi connectivity index (χ1) is 10.7. The zero-order valence-electron chi connectivity index (χ0n) is 13.8. The largest absolute Gasteiger partial charge is 0.355 e. The third-order valence-corrected chi connectivity index (χ3v) is 3.72. The number of likely N-dealkylation sites (N-methyl/N-ethyl adjacent to an activating group) is 1. The van der Waals surface area contributed by atoms with E-state index in [1.54, 1.807) is 7.05 Å².